The number of aliphatic hydroxyl groups is 1. The van der Waals surface area contributed by atoms with Crippen molar-refractivity contribution in [3.05, 3.63) is 0 Å². The molecule has 0 spiro atoms. The van der Waals surface area contributed by atoms with Crippen molar-refractivity contribution in [2.24, 2.45) is 0 Å². The molecule has 0 saturated carbocycles. The van der Waals surface area contributed by atoms with E-state index in [-0.39, 0.29) is 16.9 Å². The first-order valence-corrected chi connectivity index (χ1v) is 19.5. The van der Waals surface area contributed by atoms with E-state index in [1.165, 1.54) is 51.8 Å². The van der Waals surface area contributed by atoms with Gasteiger partial charge in [0.1, 0.15) is 0 Å². The molecule has 5 heteroatoms. The summed E-state index contributed by atoms with van der Waals surface area (Å²) in [5.74, 6) is 0. The van der Waals surface area contributed by atoms with E-state index < -0.39 is 24.0 Å². The van der Waals surface area contributed by atoms with E-state index in [4.69, 9.17) is 4.74 Å². The normalized spacial score (nSPS) is 13.4. The molecule has 0 saturated heterocycles. The molecular formula is C23H49NO3Sn. The number of aliphatic hydroxyl groups excluding tert-OH is 1. The van der Waals surface area contributed by atoms with Gasteiger partial charge in [0, 0.05) is 0 Å². The Morgan fingerprint density at radius 1 is 0.893 bits per heavy atom. The van der Waals surface area contributed by atoms with Crippen molar-refractivity contribution in [1.29, 1.82) is 0 Å². The monoisotopic (exact) mass is 507 g/mol. The fraction of sp³-hybridized carbons (Fsp3) is 0.957. The summed E-state index contributed by atoms with van der Waals surface area (Å²) in [6.45, 7) is 14.5. The van der Waals surface area contributed by atoms with Crippen molar-refractivity contribution in [3.63, 3.8) is 0 Å². The van der Waals surface area contributed by atoms with E-state index in [0.717, 1.165) is 19.3 Å². The summed E-state index contributed by atoms with van der Waals surface area (Å²) >= 11 is -2.73. The van der Waals surface area contributed by atoms with Gasteiger partial charge in [-0.05, 0) is 0 Å². The number of rotatable bonds is 15. The predicted molar refractivity (Wildman–Crippen MR) is 123 cm³/mol. The zero-order valence-electron chi connectivity index (χ0n) is 20.0. The molecule has 0 heterocycles. The van der Waals surface area contributed by atoms with Crippen molar-refractivity contribution in [2.45, 2.75) is 129 Å². The molecule has 0 aromatic carbocycles. The van der Waals surface area contributed by atoms with Crippen LogP contribution < -0.4 is 0 Å². The van der Waals surface area contributed by atoms with E-state index >= 15 is 0 Å². The molecule has 4 nitrogen and oxygen atoms in total. The van der Waals surface area contributed by atoms with Crippen LogP contribution in [0.2, 0.25) is 13.3 Å². The molecule has 0 aromatic rings. The third-order valence-corrected chi connectivity index (χ3v) is 23.1. The number of hydrogen-bond donors (Lipinski definition) is 1. The van der Waals surface area contributed by atoms with Gasteiger partial charge in [-0.2, -0.15) is 0 Å². The van der Waals surface area contributed by atoms with Crippen molar-refractivity contribution in [1.82, 2.24) is 4.90 Å². The summed E-state index contributed by atoms with van der Waals surface area (Å²) in [5.41, 5.74) is -0.533. The number of carbonyl (C=O) groups is 1. The van der Waals surface area contributed by atoms with Gasteiger partial charge < -0.3 is 0 Å². The third-order valence-electron chi connectivity index (χ3n) is 5.78. The molecule has 0 aliphatic carbocycles. The van der Waals surface area contributed by atoms with Crippen LogP contribution in [0.1, 0.15) is 106 Å². The van der Waals surface area contributed by atoms with Crippen LogP contribution in [0.25, 0.3) is 0 Å². The number of nitrogens with zero attached hydrogens (tertiary/aromatic N) is 1. The molecule has 0 aliphatic heterocycles. The Labute approximate surface area is 179 Å². The van der Waals surface area contributed by atoms with E-state index in [2.05, 4.69) is 27.7 Å². The summed E-state index contributed by atoms with van der Waals surface area (Å²) in [6.07, 6.45) is 10.4. The SMILES string of the molecule is CCCC[CH](N(CO)C(=O)OC(C)(C)C)[Sn]([CH2]CCC)([CH2]CCC)[CH2]CCC. The minimum atomic E-state index is -2.73. The van der Waals surface area contributed by atoms with Gasteiger partial charge >= 0.3 is 180 Å². The van der Waals surface area contributed by atoms with Crippen LogP contribution in [0.15, 0.2) is 0 Å². The van der Waals surface area contributed by atoms with Crippen molar-refractivity contribution in [3.8, 4) is 0 Å². The van der Waals surface area contributed by atoms with Crippen LogP contribution in [0, 0.1) is 0 Å². The molecule has 0 bridgehead atoms. The van der Waals surface area contributed by atoms with Crippen LogP contribution in [0.5, 0.6) is 0 Å². The van der Waals surface area contributed by atoms with Crippen LogP contribution >= 0.6 is 0 Å². The van der Waals surface area contributed by atoms with E-state index in [0.29, 0.717) is 0 Å². The Bertz CT molecular complexity index is 387. The summed E-state index contributed by atoms with van der Waals surface area (Å²) in [6, 6.07) is 0. The fourth-order valence-electron chi connectivity index (χ4n) is 4.26. The second-order valence-corrected chi connectivity index (χ2v) is 23.4. The average molecular weight is 506 g/mol. The van der Waals surface area contributed by atoms with Gasteiger partial charge in [-0.1, -0.05) is 0 Å². The fourth-order valence-corrected chi connectivity index (χ4v) is 23.1. The summed E-state index contributed by atoms with van der Waals surface area (Å²) < 4.78 is 9.97. The van der Waals surface area contributed by atoms with Crippen LogP contribution in [-0.2, 0) is 4.74 Å². The van der Waals surface area contributed by atoms with E-state index in [1.54, 1.807) is 4.90 Å². The maximum atomic E-state index is 13.0. The standard InChI is InChI=1S/C11H22NO3.3C4H9.Sn/c1-5-6-7-8-12(9-13)10(14)15-11(2,3)4;3*1-3-4-2;/h8,13H,5-7,9H2,1-4H3;3*1,3-4H2,2H3;. The first kappa shape index (κ1) is 28.0. The van der Waals surface area contributed by atoms with E-state index in [1.807, 2.05) is 20.8 Å². The van der Waals surface area contributed by atoms with Gasteiger partial charge in [-0.15, -0.1) is 0 Å². The van der Waals surface area contributed by atoms with Gasteiger partial charge in [0.25, 0.3) is 0 Å². The Hall–Kier alpha value is 0.0287. The topological polar surface area (TPSA) is 49.8 Å². The van der Waals surface area contributed by atoms with Gasteiger partial charge in [0.05, 0.1) is 0 Å². The zero-order chi connectivity index (χ0) is 21.6. The third kappa shape index (κ3) is 10.2. The first-order chi connectivity index (χ1) is 13.2. The van der Waals surface area contributed by atoms with Gasteiger partial charge in [0.15, 0.2) is 0 Å². The Balaban J connectivity index is 5.99. The van der Waals surface area contributed by atoms with Gasteiger partial charge in [0.2, 0.25) is 0 Å². The Morgan fingerprint density at radius 2 is 1.32 bits per heavy atom. The number of amides is 1. The number of carbonyl (C=O) groups excluding carboxylic acids is 1. The number of ether oxygens (including phenoxy) is 1. The maximum absolute atomic E-state index is 13.0. The molecule has 0 rings (SSSR count). The molecule has 0 aliphatic rings. The molecule has 1 atom stereocenters. The summed E-state index contributed by atoms with van der Waals surface area (Å²) in [5, 5.41) is 10.3. The van der Waals surface area contributed by atoms with Crippen molar-refractivity contribution < 1.29 is 14.6 Å². The molecule has 0 radical (unpaired) electrons. The molecule has 168 valence electrons. The minimum absolute atomic E-state index is 0.216. The van der Waals surface area contributed by atoms with Gasteiger partial charge in [-0.25, -0.2) is 0 Å². The van der Waals surface area contributed by atoms with Gasteiger partial charge in [-0.3, -0.25) is 0 Å². The first-order valence-electron chi connectivity index (χ1n) is 11.8. The second-order valence-electron chi connectivity index (χ2n) is 9.42. The second kappa shape index (κ2) is 14.9. The molecule has 1 N–H and O–H groups in total. The zero-order valence-corrected chi connectivity index (χ0v) is 22.8. The molecule has 1 amide bonds. The van der Waals surface area contributed by atoms with E-state index in [9.17, 15) is 9.90 Å². The summed E-state index contributed by atoms with van der Waals surface area (Å²) in [7, 11) is 0. The van der Waals surface area contributed by atoms with Crippen LogP contribution in [0.4, 0.5) is 4.79 Å². The van der Waals surface area contributed by atoms with Crippen molar-refractivity contribution >= 4 is 24.5 Å². The molecule has 1 unspecified atom stereocenters. The number of hydrogen-bond acceptors (Lipinski definition) is 3. The van der Waals surface area contributed by atoms with Crippen molar-refractivity contribution in [2.75, 3.05) is 6.73 Å². The Morgan fingerprint density at radius 3 is 1.64 bits per heavy atom. The number of unbranched alkanes of at least 4 members (excludes halogenated alkanes) is 4. The summed E-state index contributed by atoms with van der Waals surface area (Å²) in [4.78, 5) is 14.8. The molecule has 28 heavy (non-hydrogen) atoms. The Kier molecular flexibility index (Phi) is 14.9. The molecule has 0 fully saturated rings. The van der Waals surface area contributed by atoms with Crippen LogP contribution in [-0.4, -0.2) is 50.9 Å². The molecular weight excluding hydrogens is 457 g/mol. The predicted octanol–water partition coefficient (Wildman–Crippen LogP) is 7.12. The van der Waals surface area contributed by atoms with Crippen LogP contribution in [0.3, 0.4) is 0 Å². The average Bonchev–Trinajstić information content (AvgIpc) is 2.63. The molecule has 0 aromatic heterocycles. The quantitative estimate of drug-likeness (QED) is 0.190.